The molecule has 0 bridgehead atoms. The summed E-state index contributed by atoms with van der Waals surface area (Å²) in [4.78, 5) is 21.1. The lowest BCUT2D eigenvalue weighted by atomic mass is 9.82. The molecule has 0 saturated heterocycles. The minimum absolute atomic E-state index is 0.0972. The molecule has 6 heterocycles. The minimum atomic E-state index is 0.0972. The molecule has 6 aromatic heterocycles. The second-order valence-corrected chi connectivity index (χ2v) is 37.9. The topological polar surface area (TPSA) is 77.6 Å². The average molecular weight is 1570 g/mol. The van der Waals surface area contributed by atoms with Crippen LogP contribution >= 0.6 is 0 Å². The number of rotatable bonds is 5. The molecular formula is C113H121N5O. The van der Waals surface area contributed by atoms with E-state index in [1.165, 1.54) is 127 Å². The van der Waals surface area contributed by atoms with Gasteiger partial charge in [-0.25, -0.2) is 0 Å². The third-order valence-corrected chi connectivity index (χ3v) is 21.3. The van der Waals surface area contributed by atoms with Gasteiger partial charge < -0.3 is 4.42 Å². The van der Waals surface area contributed by atoms with Crippen molar-refractivity contribution in [2.75, 3.05) is 0 Å². The molecule has 0 radical (unpaired) electrons. The molecule has 0 amide bonds. The molecule has 0 aliphatic heterocycles. The number of hydrogen-bond donors (Lipinski definition) is 0. The fourth-order valence-corrected chi connectivity index (χ4v) is 14.3. The summed E-state index contributed by atoms with van der Waals surface area (Å²) in [5.74, 6) is 0. The first-order valence-electron chi connectivity index (χ1n) is 41.8. The predicted molar refractivity (Wildman–Crippen MR) is 512 cm³/mol. The second kappa shape index (κ2) is 38.0. The van der Waals surface area contributed by atoms with Crippen molar-refractivity contribution in [3.8, 4) is 55.6 Å². The molecule has 6 heteroatoms. The van der Waals surface area contributed by atoms with Gasteiger partial charge in [0, 0.05) is 87.8 Å². The van der Waals surface area contributed by atoms with E-state index < -0.39 is 0 Å². The maximum Gasteiger partial charge on any atom is 0.135 e. The number of hydrogen-bond acceptors (Lipinski definition) is 6. The third-order valence-electron chi connectivity index (χ3n) is 21.3. The molecule has 0 unspecified atom stereocenters. The molecule has 0 aliphatic rings. The average Bonchev–Trinajstić information content (AvgIpc) is 1.16. The van der Waals surface area contributed by atoms with Crippen LogP contribution in [0.2, 0.25) is 0 Å². The van der Waals surface area contributed by atoms with Crippen LogP contribution in [0.15, 0.2) is 357 Å². The summed E-state index contributed by atoms with van der Waals surface area (Å²) in [6.45, 7) is 46.8. The zero-order chi connectivity index (χ0) is 85.3. The van der Waals surface area contributed by atoms with E-state index in [-0.39, 0.29) is 37.9 Å². The molecule has 11 aromatic carbocycles. The Morgan fingerprint density at radius 2 is 0.681 bits per heavy atom. The molecule has 17 rings (SSSR count). The van der Waals surface area contributed by atoms with Gasteiger partial charge >= 0.3 is 0 Å². The van der Waals surface area contributed by atoms with E-state index >= 15 is 0 Å². The quantitative estimate of drug-likeness (QED) is 0.171. The van der Waals surface area contributed by atoms with Crippen molar-refractivity contribution in [2.45, 2.75) is 183 Å². The van der Waals surface area contributed by atoms with Gasteiger partial charge in [-0.15, -0.1) is 0 Å². The fourth-order valence-electron chi connectivity index (χ4n) is 14.3. The maximum atomic E-state index is 5.82. The van der Waals surface area contributed by atoms with Crippen molar-refractivity contribution in [3.05, 3.63) is 392 Å². The number of fused-ring (bicyclic) bond motifs is 6. The highest BCUT2D eigenvalue weighted by atomic mass is 16.3. The molecule has 0 atom stereocenters. The molecule has 119 heavy (non-hydrogen) atoms. The summed E-state index contributed by atoms with van der Waals surface area (Å²) < 4.78 is 5.82. The molecule has 0 aliphatic carbocycles. The molecule has 0 saturated carbocycles. The van der Waals surface area contributed by atoms with Gasteiger partial charge in [-0.05, 0) is 205 Å². The second-order valence-electron chi connectivity index (χ2n) is 37.9. The van der Waals surface area contributed by atoms with E-state index in [1.807, 2.05) is 85.8 Å². The Balaban J connectivity index is 0.000000137. The normalized spacial score (nSPS) is 11.7. The van der Waals surface area contributed by atoms with Gasteiger partial charge in [0.25, 0.3) is 0 Å². The first-order valence-corrected chi connectivity index (χ1v) is 41.8. The van der Waals surface area contributed by atoms with Gasteiger partial charge in [0.15, 0.2) is 0 Å². The van der Waals surface area contributed by atoms with E-state index in [2.05, 4.69) is 431 Å². The Kier molecular flexibility index (Phi) is 28.0. The largest absolute Gasteiger partial charge is 0.456 e. The predicted octanol–water partition coefficient (Wildman–Crippen LogP) is 31.6. The summed E-state index contributed by atoms with van der Waals surface area (Å²) >= 11 is 0. The Hall–Kier alpha value is -12.3. The summed E-state index contributed by atoms with van der Waals surface area (Å²) in [5.41, 5.74) is 24.6. The van der Waals surface area contributed by atoms with Gasteiger partial charge in [-0.2, -0.15) is 0 Å². The number of para-hydroxylation sites is 1. The van der Waals surface area contributed by atoms with Gasteiger partial charge in [-0.1, -0.05) is 376 Å². The van der Waals surface area contributed by atoms with E-state index in [0.717, 1.165) is 22.4 Å². The first kappa shape index (κ1) is 87.6. The SMILES string of the molecule is CC(C)(C)c1cc(-c2ccncc2)cc(-c2cccnc2)c1.CC(C)(C)c1ccc(-c2ccccc2)c2ccccc12.CC(C)(C)c1ccc(-c2ccncc2)cc1.CC(C)(C)c1ccc2oc3ccccc3c2c1.CC(C)(C)c1cccc(-c2cccc3ccccc23)c1.CC(C)(C)c1ccccn1.CC(C)(C)c1nccc2ccccc12. The highest BCUT2D eigenvalue weighted by Crippen LogP contribution is 2.40. The van der Waals surface area contributed by atoms with Gasteiger partial charge in [0.2, 0.25) is 0 Å². The standard InChI is InChI=1S/C20H20N2.2C20H20.C16H16O.C15H17N.C13H15N.C9H13N/c1-20(2,3)19-12-17(15-6-9-21-10-7-15)11-18(13-19)16-5-4-8-22-14-16;1-20(2,3)17-11-6-10-16(14-17)19-13-7-9-15-8-4-5-12-18(15)19;1-20(2,3)19-14-13-16(15-9-5-4-6-10-15)17-11-7-8-12-18(17)19;1-16(2,3)11-8-9-15-13(10-11)12-6-4-5-7-14(12)17-15;1-15(2,3)14-6-4-12(5-7-14)13-8-10-16-11-9-13;1-13(2,3)12-11-7-5-4-6-10(11)8-9-14-12;1-9(2,3)8-6-4-5-7-10-8/h4-14H,1-3H3;2*4-14H,1-3H3;4-10H,1-3H3;4-11H,1-3H3;4-9H,1-3H3;4-7H,1-3H3. The minimum Gasteiger partial charge on any atom is -0.456 e. The lowest BCUT2D eigenvalue weighted by Gasteiger charge is -2.22. The molecule has 0 spiro atoms. The number of nitrogens with zero attached hydrogens (tertiary/aromatic N) is 5. The molecule has 604 valence electrons. The van der Waals surface area contributed by atoms with Crippen molar-refractivity contribution in [1.82, 2.24) is 24.9 Å². The Morgan fingerprint density at radius 1 is 0.210 bits per heavy atom. The summed E-state index contributed by atoms with van der Waals surface area (Å²) in [6, 6.07) is 107. The number of benzene rings is 11. The van der Waals surface area contributed by atoms with Crippen LogP contribution in [0.1, 0.15) is 185 Å². The maximum absolute atomic E-state index is 5.82. The van der Waals surface area contributed by atoms with Crippen LogP contribution in [-0.2, 0) is 37.9 Å². The molecule has 6 nitrogen and oxygen atoms in total. The Labute approximate surface area is 710 Å². The lowest BCUT2D eigenvalue weighted by Crippen LogP contribution is -2.13. The van der Waals surface area contributed by atoms with Crippen LogP contribution in [0.25, 0.3) is 110 Å². The van der Waals surface area contributed by atoms with E-state index in [4.69, 9.17) is 4.42 Å². The van der Waals surface area contributed by atoms with Crippen molar-refractivity contribution in [2.24, 2.45) is 0 Å². The zero-order valence-corrected chi connectivity index (χ0v) is 74.1. The smallest absolute Gasteiger partial charge is 0.135 e. The molecule has 17 aromatic rings. The Morgan fingerprint density at radius 3 is 1.25 bits per heavy atom. The van der Waals surface area contributed by atoms with Gasteiger partial charge in [-0.3, -0.25) is 24.9 Å². The summed E-state index contributed by atoms with van der Waals surface area (Å²) in [6.07, 6.45) is 14.8. The fraction of sp³-hybridized carbons (Fsp3) is 0.248. The number of aromatic nitrogens is 5. The van der Waals surface area contributed by atoms with Crippen molar-refractivity contribution >= 4 is 54.3 Å². The van der Waals surface area contributed by atoms with Crippen molar-refractivity contribution in [3.63, 3.8) is 0 Å². The highest BCUT2D eigenvalue weighted by molar-refractivity contribution is 6.05. The molecular weight excluding hydrogens is 1440 g/mol. The molecule has 0 N–H and O–H groups in total. The monoisotopic (exact) mass is 1560 g/mol. The van der Waals surface area contributed by atoms with Crippen LogP contribution in [0, 0.1) is 0 Å². The number of pyridine rings is 5. The van der Waals surface area contributed by atoms with E-state index in [9.17, 15) is 0 Å². The summed E-state index contributed by atoms with van der Waals surface area (Å²) in [7, 11) is 0. The van der Waals surface area contributed by atoms with Gasteiger partial charge in [0.05, 0.1) is 5.69 Å². The highest BCUT2D eigenvalue weighted by Gasteiger charge is 2.23. The van der Waals surface area contributed by atoms with E-state index in [0.29, 0.717) is 0 Å². The Bertz CT molecular complexity index is 6030. The van der Waals surface area contributed by atoms with Crippen LogP contribution in [0.5, 0.6) is 0 Å². The van der Waals surface area contributed by atoms with Gasteiger partial charge in [0.1, 0.15) is 11.2 Å². The zero-order valence-electron chi connectivity index (χ0n) is 74.1. The summed E-state index contributed by atoms with van der Waals surface area (Å²) in [5, 5.41) is 10.3. The molecule has 0 fully saturated rings. The lowest BCUT2D eigenvalue weighted by molar-refractivity contribution is 0.569. The van der Waals surface area contributed by atoms with E-state index in [1.54, 1.807) is 6.20 Å². The number of furan rings is 1. The van der Waals surface area contributed by atoms with Crippen LogP contribution in [0.4, 0.5) is 0 Å². The van der Waals surface area contributed by atoms with Crippen molar-refractivity contribution < 1.29 is 4.42 Å². The van der Waals surface area contributed by atoms with Crippen molar-refractivity contribution in [1.29, 1.82) is 0 Å². The van der Waals surface area contributed by atoms with Crippen LogP contribution in [-0.4, -0.2) is 24.9 Å². The van der Waals surface area contributed by atoms with Crippen LogP contribution in [0.3, 0.4) is 0 Å². The third kappa shape index (κ3) is 23.6. The van der Waals surface area contributed by atoms with Crippen LogP contribution < -0.4 is 0 Å². The first-order chi connectivity index (χ1) is 56.5.